The van der Waals surface area contributed by atoms with Crippen molar-refractivity contribution in [3.63, 3.8) is 0 Å². The molecule has 0 spiro atoms. The number of benzene rings is 2. The van der Waals surface area contributed by atoms with Gasteiger partial charge in [0.05, 0.1) is 17.3 Å². The first kappa shape index (κ1) is 15.2. The summed E-state index contributed by atoms with van der Waals surface area (Å²) in [6.45, 7) is 0.615. The first-order chi connectivity index (χ1) is 11.0. The van der Waals surface area contributed by atoms with Gasteiger partial charge in [0.2, 0.25) is 0 Å². The molecule has 0 unspecified atom stereocenters. The Morgan fingerprint density at radius 1 is 1.26 bits per heavy atom. The zero-order valence-corrected chi connectivity index (χ0v) is 14.5. The summed E-state index contributed by atoms with van der Waals surface area (Å²) >= 11 is 9.43. The molecule has 0 amide bonds. The van der Waals surface area contributed by atoms with E-state index in [0.717, 1.165) is 34.1 Å². The first-order valence-corrected chi connectivity index (χ1v) is 8.64. The maximum Gasteiger partial charge on any atom is 0.125 e. The third-order valence-electron chi connectivity index (χ3n) is 4.46. The van der Waals surface area contributed by atoms with E-state index < -0.39 is 6.10 Å². The van der Waals surface area contributed by atoms with Crippen molar-refractivity contribution in [2.75, 3.05) is 0 Å². The van der Waals surface area contributed by atoms with Crippen LogP contribution in [-0.2, 0) is 13.0 Å². The maximum atomic E-state index is 13.8. The molecule has 0 saturated heterocycles. The van der Waals surface area contributed by atoms with Crippen LogP contribution >= 0.6 is 27.5 Å². The van der Waals surface area contributed by atoms with Gasteiger partial charge in [-0.2, -0.15) is 0 Å². The minimum absolute atomic E-state index is 0.266. The van der Waals surface area contributed by atoms with Crippen LogP contribution in [0.3, 0.4) is 0 Å². The molecule has 0 radical (unpaired) electrons. The topological polar surface area (TPSA) is 25.2 Å². The largest absolute Gasteiger partial charge is 0.387 e. The summed E-state index contributed by atoms with van der Waals surface area (Å²) in [7, 11) is 0. The van der Waals surface area contributed by atoms with Gasteiger partial charge in [0.15, 0.2) is 0 Å². The van der Waals surface area contributed by atoms with E-state index in [1.165, 1.54) is 6.07 Å². The number of rotatable bonds is 2. The molecule has 4 rings (SSSR count). The quantitative estimate of drug-likeness (QED) is 0.633. The van der Waals surface area contributed by atoms with Gasteiger partial charge < -0.3 is 9.67 Å². The second-order valence-electron chi connectivity index (χ2n) is 5.91. The average molecular weight is 395 g/mol. The minimum atomic E-state index is -0.500. The number of fused-ring (bicyclic) bond motifs is 3. The van der Waals surface area contributed by atoms with E-state index in [0.29, 0.717) is 22.5 Å². The second kappa shape index (κ2) is 5.62. The van der Waals surface area contributed by atoms with E-state index in [1.807, 2.05) is 24.3 Å². The predicted octanol–water partition coefficient (Wildman–Crippen LogP) is 5.22. The van der Waals surface area contributed by atoms with Gasteiger partial charge in [-0.25, -0.2) is 4.39 Å². The lowest BCUT2D eigenvalue weighted by molar-refractivity contribution is 0.172. The molecule has 2 aromatic carbocycles. The smallest absolute Gasteiger partial charge is 0.125 e. The van der Waals surface area contributed by atoms with Crippen molar-refractivity contribution in [3.05, 3.63) is 68.5 Å². The van der Waals surface area contributed by atoms with E-state index in [1.54, 1.807) is 6.07 Å². The fourth-order valence-corrected chi connectivity index (χ4v) is 4.26. The van der Waals surface area contributed by atoms with Crippen LogP contribution in [0, 0.1) is 5.82 Å². The monoisotopic (exact) mass is 393 g/mol. The third-order valence-corrected chi connectivity index (χ3v) is 5.32. The highest BCUT2D eigenvalue weighted by molar-refractivity contribution is 9.10. The van der Waals surface area contributed by atoms with Gasteiger partial charge in [0.25, 0.3) is 0 Å². The number of aliphatic hydroxyl groups is 1. The van der Waals surface area contributed by atoms with Crippen molar-refractivity contribution in [2.45, 2.75) is 25.5 Å². The highest BCUT2D eigenvalue weighted by Gasteiger charge is 2.29. The SMILES string of the molecule is O[C@H]1CCc2c1n(Cc1ccc(Cl)cc1)c1c(Br)cc(F)cc21. The standard InChI is InChI=1S/C18H14BrClFNO/c19-15-8-12(21)7-14-13-5-6-16(23)18(13)22(17(14)15)9-10-1-3-11(20)4-2-10/h1-4,7-8,16,23H,5-6,9H2/t16-/m0/s1. The summed E-state index contributed by atoms with van der Waals surface area (Å²) in [6.07, 6.45) is 0.964. The number of aryl methyl sites for hydroxylation is 1. The van der Waals surface area contributed by atoms with Crippen molar-refractivity contribution in [3.8, 4) is 0 Å². The number of halogens is 3. The van der Waals surface area contributed by atoms with Crippen molar-refractivity contribution in [2.24, 2.45) is 0 Å². The number of aromatic nitrogens is 1. The predicted molar refractivity (Wildman–Crippen MR) is 93.4 cm³/mol. The van der Waals surface area contributed by atoms with Gasteiger partial charge in [-0.1, -0.05) is 23.7 Å². The molecule has 23 heavy (non-hydrogen) atoms. The maximum absolute atomic E-state index is 13.8. The Labute approximate surface area is 146 Å². The molecular weight excluding hydrogens is 381 g/mol. The van der Waals surface area contributed by atoms with Crippen molar-refractivity contribution in [1.82, 2.24) is 4.57 Å². The lowest BCUT2D eigenvalue weighted by Gasteiger charge is -2.14. The first-order valence-electron chi connectivity index (χ1n) is 7.47. The lowest BCUT2D eigenvalue weighted by atomic mass is 10.1. The molecule has 2 nitrogen and oxygen atoms in total. The molecule has 1 aliphatic carbocycles. The Kier molecular flexibility index (Phi) is 3.71. The Morgan fingerprint density at radius 2 is 2.00 bits per heavy atom. The van der Waals surface area contributed by atoms with Gasteiger partial charge in [-0.05, 0) is 64.2 Å². The van der Waals surface area contributed by atoms with Crippen molar-refractivity contribution in [1.29, 1.82) is 0 Å². The van der Waals surface area contributed by atoms with Gasteiger partial charge in [-0.15, -0.1) is 0 Å². The molecule has 5 heteroatoms. The molecule has 0 aliphatic heterocycles. The highest BCUT2D eigenvalue weighted by atomic mass is 79.9. The van der Waals surface area contributed by atoms with Crippen LogP contribution in [0.1, 0.15) is 29.3 Å². The highest BCUT2D eigenvalue weighted by Crippen LogP contribution is 2.41. The fourth-order valence-electron chi connectivity index (χ4n) is 3.49. The molecule has 1 heterocycles. The van der Waals surface area contributed by atoms with Crippen LogP contribution in [-0.4, -0.2) is 9.67 Å². The van der Waals surface area contributed by atoms with Crippen LogP contribution in [0.4, 0.5) is 4.39 Å². The zero-order valence-electron chi connectivity index (χ0n) is 12.2. The summed E-state index contributed by atoms with van der Waals surface area (Å²) in [5, 5.41) is 12.0. The Balaban J connectivity index is 1.94. The van der Waals surface area contributed by atoms with E-state index in [2.05, 4.69) is 20.5 Å². The Hall–Kier alpha value is -1.36. The van der Waals surface area contributed by atoms with E-state index in [9.17, 15) is 9.50 Å². The van der Waals surface area contributed by atoms with Gasteiger partial charge in [-0.3, -0.25) is 0 Å². The molecule has 0 fully saturated rings. The van der Waals surface area contributed by atoms with Crippen LogP contribution in [0.5, 0.6) is 0 Å². The zero-order chi connectivity index (χ0) is 16.1. The van der Waals surface area contributed by atoms with E-state index in [-0.39, 0.29) is 5.82 Å². The molecule has 1 aromatic heterocycles. The van der Waals surface area contributed by atoms with Crippen LogP contribution in [0.2, 0.25) is 5.02 Å². The fraction of sp³-hybridized carbons (Fsp3) is 0.222. The average Bonchev–Trinajstić information content (AvgIpc) is 3.02. The number of aliphatic hydroxyl groups excluding tert-OH is 1. The van der Waals surface area contributed by atoms with Gasteiger partial charge in [0, 0.05) is 21.4 Å². The molecular formula is C18H14BrClFNO. The van der Waals surface area contributed by atoms with E-state index in [4.69, 9.17) is 11.6 Å². The molecule has 0 saturated carbocycles. The summed E-state index contributed by atoms with van der Waals surface area (Å²) in [5.74, 6) is -0.266. The molecule has 1 N–H and O–H groups in total. The molecule has 0 bridgehead atoms. The normalized spacial score (nSPS) is 17.0. The molecule has 1 aliphatic rings. The van der Waals surface area contributed by atoms with Crippen molar-refractivity contribution < 1.29 is 9.50 Å². The molecule has 3 aromatic rings. The summed E-state index contributed by atoms with van der Waals surface area (Å²) < 4.78 is 16.6. The summed E-state index contributed by atoms with van der Waals surface area (Å²) in [5.41, 5.74) is 3.98. The van der Waals surface area contributed by atoms with Gasteiger partial charge in [0.1, 0.15) is 5.82 Å². The third kappa shape index (κ3) is 2.49. The van der Waals surface area contributed by atoms with Crippen LogP contribution in [0.15, 0.2) is 40.9 Å². The minimum Gasteiger partial charge on any atom is -0.387 e. The van der Waals surface area contributed by atoms with Crippen LogP contribution < -0.4 is 0 Å². The Bertz CT molecular complexity index is 904. The van der Waals surface area contributed by atoms with Crippen LogP contribution in [0.25, 0.3) is 10.9 Å². The Morgan fingerprint density at radius 3 is 2.74 bits per heavy atom. The molecule has 1 atom stereocenters. The number of nitrogens with zero attached hydrogens (tertiary/aromatic N) is 1. The number of hydrogen-bond donors (Lipinski definition) is 1. The second-order valence-corrected chi connectivity index (χ2v) is 7.21. The summed E-state index contributed by atoms with van der Waals surface area (Å²) in [4.78, 5) is 0. The van der Waals surface area contributed by atoms with E-state index >= 15 is 0 Å². The molecule has 118 valence electrons. The van der Waals surface area contributed by atoms with Gasteiger partial charge >= 0.3 is 0 Å². The van der Waals surface area contributed by atoms with Crippen molar-refractivity contribution >= 4 is 38.4 Å². The summed E-state index contributed by atoms with van der Waals surface area (Å²) in [6, 6.07) is 10.7. The number of hydrogen-bond acceptors (Lipinski definition) is 1. The lowest BCUT2D eigenvalue weighted by Crippen LogP contribution is -2.07.